The Hall–Kier alpha value is -4.35. The minimum atomic E-state index is -1.06. The van der Waals surface area contributed by atoms with Gasteiger partial charge in [0.15, 0.2) is 0 Å². The first kappa shape index (κ1) is 27.2. The van der Waals surface area contributed by atoms with Gasteiger partial charge < -0.3 is 35.6 Å². The van der Waals surface area contributed by atoms with Gasteiger partial charge in [-0.05, 0) is 36.2 Å². The van der Waals surface area contributed by atoms with E-state index in [2.05, 4.69) is 20.9 Å². The van der Waals surface area contributed by atoms with Gasteiger partial charge in [-0.2, -0.15) is 0 Å². The first-order valence-electron chi connectivity index (χ1n) is 12.0. The molecular formula is C25H32N6O6. The lowest BCUT2D eigenvalue weighted by molar-refractivity contribution is -0.137. The molecule has 1 fully saturated rings. The number of nitrogens with one attached hydrogen (secondary N) is 3. The van der Waals surface area contributed by atoms with E-state index in [4.69, 9.17) is 4.74 Å². The van der Waals surface area contributed by atoms with Crippen LogP contribution in [0.1, 0.15) is 41.7 Å². The zero-order valence-corrected chi connectivity index (χ0v) is 20.9. The van der Waals surface area contributed by atoms with Crippen molar-refractivity contribution in [2.45, 2.75) is 25.8 Å². The molecule has 198 valence electrons. The number of carbonyl (C=O) groups excluding carboxylic acids is 3. The molecule has 1 aliphatic heterocycles. The van der Waals surface area contributed by atoms with Crippen LogP contribution in [-0.4, -0.2) is 78.8 Å². The van der Waals surface area contributed by atoms with Crippen LogP contribution in [-0.2, 0) is 9.53 Å². The van der Waals surface area contributed by atoms with Crippen LogP contribution < -0.4 is 20.9 Å². The predicted octanol–water partition coefficient (Wildman–Crippen LogP) is 2.45. The van der Waals surface area contributed by atoms with E-state index < -0.39 is 30.0 Å². The van der Waals surface area contributed by atoms with Crippen LogP contribution in [0.25, 0.3) is 0 Å². The first-order valence-corrected chi connectivity index (χ1v) is 12.0. The Labute approximate surface area is 215 Å². The molecule has 4 amide bonds. The number of rotatable bonds is 9. The van der Waals surface area contributed by atoms with E-state index in [1.54, 1.807) is 41.4 Å². The quantitative estimate of drug-likeness (QED) is 0.400. The third-order valence-electron chi connectivity index (χ3n) is 5.87. The normalized spacial score (nSPS) is 13.9. The second-order valence-electron chi connectivity index (χ2n) is 8.47. The first-order chi connectivity index (χ1) is 17.8. The molecule has 37 heavy (non-hydrogen) atoms. The fourth-order valence-corrected chi connectivity index (χ4v) is 3.97. The highest BCUT2D eigenvalue weighted by atomic mass is 16.5. The zero-order valence-electron chi connectivity index (χ0n) is 20.9. The van der Waals surface area contributed by atoms with E-state index in [0.717, 1.165) is 6.42 Å². The molecule has 1 saturated heterocycles. The third-order valence-corrected chi connectivity index (χ3v) is 5.87. The maximum absolute atomic E-state index is 13.1. The Balaban J connectivity index is 1.83. The predicted molar refractivity (Wildman–Crippen MR) is 137 cm³/mol. The molecular weight excluding hydrogens is 480 g/mol. The van der Waals surface area contributed by atoms with Crippen molar-refractivity contribution < 1.29 is 29.0 Å². The number of carboxylic acid groups (broad SMARTS) is 1. The Bertz CT molecular complexity index is 1100. The van der Waals surface area contributed by atoms with Gasteiger partial charge >= 0.3 is 18.1 Å². The van der Waals surface area contributed by atoms with E-state index in [9.17, 15) is 24.3 Å². The third kappa shape index (κ3) is 7.56. The van der Waals surface area contributed by atoms with Gasteiger partial charge in [-0.15, -0.1) is 0 Å². The number of anilines is 2. The smallest absolute Gasteiger partial charge is 0.409 e. The Morgan fingerprint density at radius 1 is 1.14 bits per heavy atom. The van der Waals surface area contributed by atoms with Crippen molar-refractivity contribution >= 4 is 35.4 Å². The highest BCUT2D eigenvalue weighted by molar-refractivity contribution is 6.00. The lowest BCUT2D eigenvalue weighted by Crippen LogP contribution is -2.49. The van der Waals surface area contributed by atoms with Gasteiger partial charge in [-0.3, -0.25) is 14.6 Å². The van der Waals surface area contributed by atoms with Crippen LogP contribution in [0.15, 0.2) is 42.7 Å². The van der Waals surface area contributed by atoms with Crippen LogP contribution in [0.4, 0.5) is 21.0 Å². The molecule has 0 saturated carbocycles. The topological polar surface area (TPSA) is 153 Å². The highest BCUT2D eigenvalue weighted by Crippen LogP contribution is 2.29. The minimum Gasteiger partial charge on any atom is -0.481 e. The molecule has 0 aliphatic carbocycles. The number of aliphatic carboxylic acids is 1. The summed E-state index contributed by atoms with van der Waals surface area (Å²) in [5.74, 6) is -1.56. The SMILES string of the molecule is CCCNC(=O)Nc1cc(C(=O)NC(CC(=O)O)c2cccnc2)ccc1N1CCN(C(=O)OC)CC1. The van der Waals surface area contributed by atoms with E-state index in [-0.39, 0.29) is 12.0 Å². The number of benzene rings is 1. The summed E-state index contributed by atoms with van der Waals surface area (Å²) in [7, 11) is 1.34. The van der Waals surface area contributed by atoms with Crippen molar-refractivity contribution in [3.8, 4) is 0 Å². The standard InChI is InChI=1S/C25H32N6O6/c1-3-8-27-24(35)29-20-14-17(6-7-21(20)30-10-12-31(13-11-30)25(36)37-2)23(34)28-19(15-22(32)33)18-5-4-9-26-16-18/h4-7,9,14,16,19H,3,8,10-13,15H2,1-2H3,(H,28,34)(H,32,33)(H2,27,29,35). The molecule has 2 heterocycles. The molecule has 1 aromatic carbocycles. The van der Waals surface area contributed by atoms with Gasteiger partial charge in [0.05, 0.1) is 30.9 Å². The number of urea groups is 1. The Morgan fingerprint density at radius 2 is 1.89 bits per heavy atom. The number of pyridine rings is 1. The number of piperazine rings is 1. The Kier molecular flexibility index (Phi) is 9.64. The molecule has 0 bridgehead atoms. The lowest BCUT2D eigenvalue weighted by Gasteiger charge is -2.36. The van der Waals surface area contributed by atoms with Gasteiger partial charge in [-0.25, -0.2) is 9.59 Å². The molecule has 0 spiro atoms. The van der Waals surface area contributed by atoms with Crippen LogP contribution >= 0.6 is 0 Å². The summed E-state index contributed by atoms with van der Waals surface area (Å²) in [6.07, 6.45) is 3.13. The second kappa shape index (κ2) is 13.1. The van der Waals surface area contributed by atoms with E-state index in [1.165, 1.54) is 13.3 Å². The summed E-state index contributed by atoms with van der Waals surface area (Å²) in [5, 5.41) is 17.7. The number of nitrogens with zero attached hydrogens (tertiary/aromatic N) is 3. The molecule has 1 atom stereocenters. The maximum atomic E-state index is 13.1. The largest absolute Gasteiger partial charge is 0.481 e. The average molecular weight is 513 g/mol. The maximum Gasteiger partial charge on any atom is 0.409 e. The lowest BCUT2D eigenvalue weighted by atomic mass is 10.0. The number of carboxylic acids is 1. The van der Waals surface area contributed by atoms with Gasteiger partial charge in [0.1, 0.15) is 0 Å². The molecule has 1 aliphatic rings. The number of amides is 4. The number of carbonyl (C=O) groups is 4. The molecule has 4 N–H and O–H groups in total. The van der Waals surface area contributed by atoms with Gasteiger partial charge in [0.25, 0.3) is 5.91 Å². The molecule has 1 unspecified atom stereocenters. The number of hydrogen-bond acceptors (Lipinski definition) is 7. The summed E-state index contributed by atoms with van der Waals surface area (Å²) in [4.78, 5) is 56.5. The highest BCUT2D eigenvalue weighted by Gasteiger charge is 2.25. The number of ether oxygens (including phenoxy) is 1. The van der Waals surface area contributed by atoms with E-state index >= 15 is 0 Å². The second-order valence-corrected chi connectivity index (χ2v) is 8.47. The summed E-state index contributed by atoms with van der Waals surface area (Å²) >= 11 is 0. The fourth-order valence-electron chi connectivity index (χ4n) is 3.97. The van der Waals surface area contributed by atoms with Crippen LogP contribution in [0.2, 0.25) is 0 Å². The summed E-state index contributed by atoms with van der Waals surface area (Å²) in [5.41, 5.74) is 1.93. The van der Waals surface area contributed by atoms with Crippen molar-refractivity contribution in [1.82, 2.24) is 20.5 Å². The van der Waals surface area contributed by atoms with Crippen molar-refractivity contribution in [3.05, 3.63) is 53.9 Å². The summed E-state index contributed by atoms with van der Waals surface area (Å²) < 4.78 is 4.79. The molecule has 3 rings (SSSR count). The van der Waals surface area contributed by atoms with E-state index in [0.29, 0.717) is 49.7 Å². The minimum absolute atomic E-state index is 0.252. The monoisotopic (exact) mass is 512 g/mol. The molecule has 2 aromatic rings. The van der Waals surface area contributed by atoms with Crippen LogP contribution in [0.3, 0.4) is 0 Å². The molecule has 12 nitrogen and oxygen atoms in total. The van der Waals surface area contributed by atoms with Gasteiger partial charge in [0.2, 0.25) is 0 Å². The zero-order chi connectivity index (χ0) is 26.8. The Morgan fingerprint density at radius 3 is 2.51 bits per heavy atom. The van der Waals surface area contributed by atoms with Gasteiger partial charge in [-0.1, -0.05) is 13.0 Å². The van der Waals surface area contributed by atoms with Crippen molar-refractivity contribution in [1.29, 1.82) is 0 Å². The number of methoxy groups -OCH3 is 1. The molecule has 12 heteroatoms. The fraction of sp³-hybridized carbons (Fsp3) is 0.400. The van der Waals surface area contributed by atoms with Crippen molar-refractivity contribution in [2.75, 3.05) is 50.1 Å². The molecule has 0 radical (unpaired) electrons. The number of aromatic nitrogens is 1. The number of hydrogen-bond donors (Lipinski definition) is 4. The average Bonchev–Trinajstić information content (AvgIpc) is 2.91. The van der Waals surface area contributed by atoms with Crippen molar-refractivity contribution in [2.24, 2.45) is 0 Å². The summed E-state index contributed by atoms with van der Waals surface area (Å²) in [6, 6.07) is 7.08. The van der Waals surface area contributed by atoms with Crippen LogP contribution in [0, 0.1) is 0 Å². The van der Waals surface area contributed by atoms with E-state index in [1.807, 2.05) is 11.8 Å². The summed E-state index contributed by atoms with van der Waals surface area (Å²) in [6.45, 7) is 4.33. The van der Waals surface area contributed by atoms with Crippen molar-refractivity contribution in [3.63, 3.8) is 0 Å². The molecule has 1 aromatic heterocycles. The van der Waals surface area contributed by atoms with Gasteiger partial charge in [0, 0.05) is 50.7 Å². The van der Waals surface area contributed by atoms with Crippen LogP contribution in [0.5, 0.6) is 0 Å².